The molecular weight excluding hydrogens is 244 g/mol. The van der Waals surface area contributed by atoms with E-state index in [0.29, 0.717) is 5.88 Å². The number of anilines is 1. The van der Waals surface area contributed by atoms with E-state index in [-0.39, 0.29) is 0 Å². The van der Waals surface area contributed by atoms with Gasteiger partial charge in [0.15, 0.2) is 0 Å². The molecule has 1 aliphatic heterocycles. The monoisotopic (exact) mass is 266 g/mol. The quantitative estimate of drug-likeness (QED) is 0.762. The molecule has 1 aromatic rings. The van der Waals surface area contributed by atoms with Crippen LogP contribution in [-0.2, 0) is 5.88 Å². The Labute approximate surface area is 115 Å². The molecule has 1 aliphatic rings. The van der Waals surface area contributed by atoms with Crippen molar-refractivity contribution in [3.63, 3.8) is 0 Å². The highest BCUT2D eigenvalue weighted by Gasteiger charge is 2.19. The maximum absolute atomic E-state index is 5.93. The van der Waals surface area contributed by atoms with Gasteiger partial charge in [-0.1, -0.05) is 19.8 Å². The molecule has 0 N–H and O–H groups in total. The zero-order chi connectivity index (χ0) is 13.0. The topological polar surface area (TPSA) is 16.1 Å². The summed E-state index contributed by atoms with van der Waals surface area (Å²) in [5.41, 5.74) is 2.24. The van der Waals surface area contributed by atoms with Gasteiger partial charge in [-0.3, -0.25) is 0 Å². The number of pyridine rings is 1. The standard InChI is InChI=1S/C15H23ClN2/c1-3-4-13-5-7-18(8-6-13)15-10-14(11-16)9-12(2)17-15/h9-10,13H,3-8,11H2,1-2H3. The van der Waals surface area contributed by atoms with Crippen molar-refractivity contribution >= 4 is 17.4 Å². The molecule has 0 atom stereocenters. The van der Waals surface area contributed by atoms with Gasteiger partial charge in [0.2, 0.25) is 0 Å². The fraction of sp³-hybridized carbons (Fsp3) is 0.667. The third-order valence-electron chi connectivity index (χ3n) is 3.79. The highest BCUT2D eigenvalue weighted by atomic mass is 35.5. The number of aryl methyl sites for hydroxylation is 1. The van der Waals surface area contributed by atoms with Gasteiger partial charge in [-0.2, -0.15) is 0 Å². The third kappa shape index (κ3) is 3.38. The van der Waals surface area contributed by atoms with E-state index in [9.17, 15) is 0 Å². The van der Waals surface area contributed by atoms with Crippen molar-refractivity contribution in [1.82, 2.24) is 4.98 Å². The molecule has 0 spiro atoms. The van der Waals surface area contributed by atoms with Gasteiger partial charge in [-0.15, -0.1) is 11.6 Å². The van der Waals surface area contributed by atoms with Gasteiger partial charge in [0.25, 0.3) is 0 Å². The molecule has 0 saturated carbocycles. The summed E-state index contributed by atoms with van der Waals surface area (Å²) in [4.78, 5) is 7.06. The molecule has 1 saturated heterocycles. The van der Waals surface area contributed by atoms with Crippen LogP contribution >= 0.6 is 11.6 Å². The number of hydrogen-bond acceptors (Lipinski definition) is 2. The van der Waals surface area contributed by atoms with E-state index in [1.807, 2.05) is 6.92 Å². The maximum atomic E-state index is 5.93. The largest absolute Gasteiger partial charge is 0.357 e. The second-order valence-electron chi connectivity index (χ2n) is 5.33. The normalized spacial score (nSPS) is 17.2. The van der Waals surface area contributed by atoms with E-state index in [1.165, 1.54) is 31.2 Å². The molecule has 0 aliphatic carbocycles. The second kappa shape index (κ2) is 6.42. The number of hydrogen-bond donors (Lipinski definition) is 0. The van der Waals surface area contributed by atoms with Gasteiger partial charge in [-0.25, -0.2) is 4.98 Å². The van der Waals surface area contributed by atoms with Crippen LogP contribution in [0, 0.1) is 12.8 Å². The molecule has 0 aromatic carbocycles. The van der Waals surface area contributed by atoms with Crippen LogP contribution in [0.5, 0.6) is 0 Å². The molecule has 0 amide bonds. The van der Waals surface area contributed by atoms with Gasteiger partial charge in [0, 0.05) is 24.7 Å². The lowest BCUT2D eigenvalue weighted by Crippen LogP contribution is -2.34. The SMILES string of the molecule is CCCC1CCN(c2cc(CCl)cc(C)n2)CC1. The zero-order valence-corrected chi connectivity index (χ0v) is 12.2. The number of nitrogens with zero attached hydrogens (tertiary/aromatic N) is 2. The van der Waals surface area contributed by atoms with Gasteiger partial charge >= 0.3 is 0 Å². The van der Waals surface area contributed by atoms with E-state index in [2.05, 4.69) is 28.9 Å². The lowest BCUT2D eigenvalue weighted by Gasteiger charge is -2.33. The summed E-state index contributed by atoms with van der Waals surface area (Å²) >= 11 is 5.93. The van der Waals surface area contributed by atoms with Crippen molar-refractivity contribution in [3.05, 3.63) is 23.4 Å². The van der Waals surface area contributed by atoms with E-state index in [4.69, 9.17) is 11.6 Å². The van der Waals surface area contributed by atoms with E-state index in [1.54, 1.807) is 0 Å². The molecule has 2 nitrogen and oxygen atoms in total. The van der Waals surface area contributed by atoms with E-state index in [0.717, 1.165) is 30.5 Å². The lowest BCUT2D eigenvalue weighted by molar-refractivity contribution is 0.377. The molecule has 0 radical (unpaired) electrons. The number of alkyl halides is 1. The van der Waals surface area contributed by atoms with Crippen molar-refractivity contribution in [3.8, 4) is 0 Å². The molecule has 1 fully saturated rings. The molecule has 2 heterocycles. The number of piperidine rings is 1. The summed E-state index contributed by atoms with van der Waals surface area (Å²) in [7, 11) is 0. The van der Waals surface area contributed by atoms with Crippen LogP contribution < -0.4 is 4.90 Å². The Balaban J connectivity index is 2.02. The van der Waals surface area contributed by atoms with Gasteiger partial charge < -0.3 is 4.90 Å². The van der Waals surface area contributed by atoms with Gasteiger partial charge in [-0.05, 0) is 43.4 Å². The Morgan fingerprint density at radius 1 is 1.33 bits per heavy atom. The van der Waals surface area contributed by atoms with Crippen molar-refractivity contribution < 1.29 is 0 Å². The van der Waals surface area contributed by atoms with E-state index < -0.39 is 0 Å². The van der Waals surface area contributed by atoms with Crippen molar-refractivity contribution in [2.75, 3.05) is 18.0 Å². The van der Waals surface area contributed by atoms with Crippen LogP contribution in [0.4, 0.5) is 5.82 Å². The second-order valence-corrected chi connectivity index (χ2v) is 5.59. The Morgan fingerprint density at radius 3 is 2.67 bits per heavy atom. The molecule has 0 unspecified atom stereocenters. The first-order valence-corrected chi connectivity index (χ1v) is 7.55. The Hall–Kier alpha value is -0.760. The first kappa shape index (κ1) is 13.7. The van der Waals surface area contributed by atoms with Gasteiger partial charge in [0.05, 0.1) is 0 Å². The van der Waals surface area contributed by atoms with Crippen LogP contribution in [0.2, 0.25) is 0 Å². The minimum Gasteiger partial charge on any atom is -0.357 e. The maximum Gasteiger partial charge on any atom is 0.129 e. The van der Waals surface area contributed by atoms with Crippen LogP contribution in [0.25, 0.3) is 0 Å². The number of halogens is 1. The first-order valence-electron chi connectivity index (χ1n) is 7.01. The first-order chi connectivity index (χ1) is 8.72. The summed E-state index contributed by atoms with van der Waals surface area (Å²) < 4.78 is 0. The summed E-state index contributed by atoms with van der Waals surface area (Å²) in [5, 5.41) is 0. The highest BCUT2D eigenvalue weighted by Crippen LogP contribution is 2.26. The molecule has 1 aromatic heterocycles. The van der Waals surface area contributed by atoms with Crippen LogP contribution in [0.15, 0.2) is 12.1 Å². The fourth-order valence-corrected chi connectivity index (χ4v) is 2.97. The summed E-state index contributed by atoms with van der Waals surface area (Å²) in [6.07, 6.45) is 5.30. The number of rotatable bonds is 4. The molecule has 0 bridgehead atoms. The van der Waals surface area contributed by atoms with Crippen molar-refractivity contribution in [1.29, 1.82) is 0 Å². The number of aromatic nitrogens is 1. The average molecular weight is 267 g/mol. The Bertz CT molecular complexity index is 384. The Kier molecular flexibility index (Phi) is 4.87. The predicted octanol–water partition coefficient (Wildman–Crippen LogP) is 4.15. The molecule has 100 valence electrons. The lowest BCUT2D eigenvalue weighted by atomic mass is 9.92. The molecule has 2 rings (SSSR count). The van der Waals surface area contributed by atoms with Crippen LogP contribution in [0.1, 0.15) is 43.9 Å². The fourth-order valence-electron chi connectivity index (χ4n) is 2.82. The van der Waals surface area contributed by atoms with Crippen LogP contribution in [-0.4, -0.2) is 18.1 Å². The zero-order valence-electron chi connectivity index (χ0n) is 11.5. The summed E-state index contributed by atoms with van der Waals surface area (Å²) in [6, 6.07) is 4.21. The third-order valence-corrected chi connectivity index (χ3v) is 4.10. The Morgan fingerprint density at radius 2 is 2.06 bits per heavy atom. The van der Waals surface area contributed by atoms with Gasteiger partial charge in [0.1, 0.15) is 5.82 Å². The minimum atomic E-state index is 0.572. The molecule has 3 heteroatoms. The van der Waals surface area contributed by atoms with Crippen molar-refractivity contribution in [2.24, 2.45) is 5.92 Å². The smallest absolute Gasteiger partial charge is 0.129 e. The minimum absolute atomic E-state index is 0.572. The summed E-state index contributed by atoms with van der Waals surface area (Å²) in [6.45, 7) is 6.61. The highest BCUT2D eigenvalue weighted by molar-refractivity contribution is 6.17. The molecule has 18 heavy (non-hydrogen) atoms. The van der Waals surface area contributed by atoms with E-state index >= 15 is 0 Å². The van der Waals surface area contributed by atoms with Crippen LogP contribution in [0.3, 0.4) is 0 Å². The summed E-state index contributed by atoms with van der Waals surface area (Å²) in [5.74, 6) is 2.60. The average Bonchev–Trinajstić information content (AvgIpc) is 2.39. The van der Waals surface area contributed by atoms with Crippen molar-refractivity contribution in [2.45, 2.75) is 45.4 Å². The predicted molar refractivity (Wildman–Crippen MR) is 78.4 cm³/mol. The molecular formula is C15H23ClN2.